The van der Waals surface area contributed by atoms with Gasteiger partial charge in [0.1, 0.15) is 0 Å². The smallest absolute Gasteiger partial charge is 0.254 e. The van der Waals surface area contributed by atoms with Gasteiger partial charge in [-0.3, -0.25) is 9.69 Å². The van der Waals surface area contributed by atoms with Crippen LogP contribution in [0.25, 0.3) is 5.69 Å². The van der Waals surface area contributed by atoms with Crippen LogP contribution < -0.4 is 10.2 Å². The Morgan fingerprint density at radius 3 is 2.50 bits per heavy atom. The van der Waals surface area contributed by atoms with Gasteiger partial charge in [-0.2, -0.15) is 5.10 Å². The van der Waals surface area contributed by atoms with Crippen LogP contribution in [0.1, 0.15) is 16.1 Å². The topological polar surface area (TPSA) is 53.4 Å². The number of nitrogens with zero attached hydrogens (tertiary/aromatic N) is 4. The number of amides is 1. The van der Waals surface area contributed by atoms with Crippen LogP contribution in [-0.2, 0) is 0 Å². The second-order valence-electron chi connectivity index (χ2n) is 7.46. The van der Waals surface area contributed by atoms with Crippen LogP contribution in [0.5, 0.6) is 0 Å². The van der Waals surface area contributed by atoms with Crippen LogP contribution in [0.4, 0.5) is 5.69 Å². The van der Waals surface area contributed by atoms with E-state index in [-0.39, 0.29) is 5.91 Å². The Hall–Kier alpha value is -2.83. The number of halogens is 1. The second kappa shape index (κ2) is 9.32. The summed E-state index contributed by atoms with van der Waals surface area (Å²) in [4.78, 5) is 17.4. The molecule has 7 heteroatoms. The molecule has 0 spiro atoms. The molecule has 4 rings (SSSR count). The van der Waals surface area contributed by atoms with E-state index in [1.165, 1.54) is 5.69 Å². The van der Waals surface area contributed by atoms with Gasteiger partial charge in [0, 0.05) is 50.0 Å². The summed E-state index contributed by atoms with van der Waals surface area (Å²) in [5.74, 6) is -0.0938. The molecule has 1 N–H and O–H groups in total. The number of nitrogens with one attached hydrogen (secondary N) is 1. The van der Waals surface area contributed by atoms with Gasteiger partial charge in [-0.25, -0.2) is 4.68 Å². The molecule has 0 atom stereocenters. The molecule has 30 heavy (non-hydrogen) atoms. The molecule has 156 valence electrons. The summed E-state index contributed by atoms with van der Waals surface area (Å²) in [5, 5.41) is 8.04. The zero-order chi connectivity index (χ0) is 20.9. The van der Waals surface area contributed by atoms with Gasteiger partial charge in [0.05, 0.1) is 23.1 Å². The van der Waals surface area contributed by atoms with Crippen LogP contribution in [0, 0.1) is 6.92 Å². The Bertz CT molecular complexity index is 996. The number of carbonyl (C=O) groups excluding carboxylic acids is 1. The maximum absolute atomic E-state index is 12.6. The maximum atomic E-state index is 12.6. The minimum absolute atomic E-state index is 0.0938. The van der Waals surface area contributed by atoms with Gasteiger partial charge in [0.15, 0.2) is 0 Å². The van der Waals surface area contributed by atoms with Crippen LogP contribution in [0.15, 0.2) is 60.8 Å². The average molecular weight is 424 g/mol. The molecule has 1 fully saturated rings. The molecule has 0 aliphatic carbocycles. The third-order valence-electron chi connectivity index (χ3n) is 5.51. The average Bonchev–Trinajstić information content (AvgIpc) is 3.16. The van der Waals surface area contributed by atoms with Crippen LogP contribution in [0.2, 0.25) is 5.02 Å². The van der Waals surface area contributed by atoms with Crippen molar-refractivity contribution in [2.24, 2.45) is 0 Å². The minimum Gasteiger partial charge on any atom is -0.369 e. The van der Waals surface area contributed by atoms with Crippen LogP contribution in [-0.4, -0.2) is 59.9 Å². The molecule has 6 nitrogen and oxygen atoms in total. The summed E-state index contributed by atoms with van der Waals surface area (Å²) >= 11 is 6.07. The van der Waals surface area contributed by atoms with E-state index in [0.29, 0.717) is 17.1 Å². The zero-order valence-corrected chi connectivity index (χ0v) is 17.8. The highest BCUT2D eigenvalue weighted by atomic mass is 35.5. The van der Waals surface area contributed by atoms with E-state index in [1.807, 2.05) is 37.3 Å². The largest absolute Gasteiger partial charge is 0.369 e. The summed E-state index contributed by atoms with van der Waals surface area (Å²) in [6.45, 7) is 7.35. The van der Waals surface area contributed by atoms with Crippen molar-refractivity contribution in [2.45, 2.75) is 6.92 Å². The number of carbonyl (C=O) groups is 1. The van der Waals surface area contributed by atoms with Crippen molar-refractivity contribution in [2.75, 3.05) is 44.2 Å². The maximum Gasteiger partial charge on any atom is 0.254 e. The molecular weight excluding hydrogens is 398 g/mol. The highest BCUT2D eigenvalue weighted by molar-refractivity contribution is 6.30. The van der Waals surface area contributed by atoms with Crippen molar-refractivity contribution in [3.05, 3.63) is 77.1 Å². The summed E-state index contributed by atoms with van der Waals surface area (Å²) < 4.78 is 1.74. The minimum atomic E-state index is -0.0938. The highest BCUT2D eigenvalue weighted by Gasteiger charge is 2.18. The molecule has 0 unspecified atom stereocenters. The van der Waals surface area contributed by atoms with Gasteiger partial charge >= 0.3 is 0 Å². The second-order valence-corrected chi connectivity index (χ2v) is 7.89. The van der Waals surface area contributed by atoms with E-state index in [2.05, 4.69) is 44.5 Å². The zero-order valence-electron chi connectivity index (χ0n) is 17.1. The van der Waals surface area contributed by atoms with E-state index in [0.717, 1.165) is 44.1 Å². The third-order valence-corrected chi connectivity index (χ3v) is 5.75. The van der Waals surface area contributed by atoms with Gasteiger partial charge in [-0.05, 0) is 37.3 Å². The molecule has 0 bridgehead atoms. The fourth-order valence-corrected chi connectivity index (χ4v) is 3.98. The van der Waals surface area contributed by atoms with Gasteiger partial charge in [0.25, 0.3) is 5.91 Å². The fraction of sp³-hybridized carbons (Fsp3) is 0.304. The van der Waals surface area contributed by atoms with Crippen molar-refractivity contribution in [3.8, 4) is 5.69 Å². The molecular formula is C23H26ClN5O. The molecule has 0 radical (unpaired) electrons. The van der Waals surface area contributed by atoms with Crippen molar-refractivity contribution in [1.29, 1.82) is 0 Å². The first-order valence-corrected chi connectivity index (χ1v) is 10.6. The number of rotatable bonds is 6. The Labute approximate surface area is 182 Å². The molecule has 1 saturated heterocycles. The predicted octanol–water partition coefficient (Wildman–Crippen LogP) is 3.39. The number of piperazine rings is 1. The highest BCUT2D eigenvalue weighted by Crippen LogP contribution is 2.18. The number of hydrogen-bond donors (Lipinski definition) is 1. The summed E-state index contributed by atoms with van der Waals surface area (Å²) in [6, 6.07) is 17.9. The first kappa shape index (κ1) is 20.4. The van der Waals surface area contributed by atoms with E-state index in [4.69, 9.17) is 11.6 Å². The van der Waals surface area contributed by atoms with Crippen LogP contribution >= 0.6 is 11.6 Å². The van der Waals surface area contributed by atoms with Gasteiger partial charge in [0.2, 0.25) is 0 Å². The molecule has 1 aliphatic rings. The lowest BCUT2D eigenvalue weighted by Crippen LogP contribution is -2.48. The quantitative estimate of drug-likeness (QED) is 0.660. The third kappa shape index (κ3) is 4.66. The van der Waals surface area contributed by atoms with E-state index >= 15 is 0 Å². The van der Waals surface area contributed by atoms with Crippen LogP contribution in [0.3, 0.4) is 0 Å². The number of hydrogen-bond acceptors (Lipinski definition) is 4. The SMILES string of the molecule is Cc1c(C(=O)NCCN2CCN(c3ccccc3)CC2)cnn1-c1cccc(Cl)c1. The number of benzene rings is 2. The first-order valence-electron chi connectivity index (χ1n) is 10.2. The van der Waals surface area contributed by atoms with Crippen molar-refractivity contribution >= 4 is 23.2 Å². The molecule has 3 aromatic rings. The standard InChI is InChI=1S/C23H26ClN5O/c1-18-22(17-26-29(18)21-9-5-6-19(24)16-21)23(30)25-10-11-27-12-14-28(15-13-27)20-7-3-2-4-8-20/h2-9,16-17H,10-15H2,1H3,(H,25,30). The lowest BCUT2D eigenvalue weighted by molar-refractivity contribution is 0.0947. The van der Waals surface area contributed by atoms with Gasteiger partial charge in [-0.1, -0.05) is 35.9 Å². The molecule has 2 aromatic carbocycles. The van der Waals surface area contributed by atoms with E-state index in [9.17, 15) is 4.79 Å². The molecule has 0 saturated carbocycles. The van der Waals surface area contributed by atoms with Gasteiger partial charge in [-0.15, -0.1) is 0 Å². The van der Waals surface area contributed by atoms with Crippen molar-refractivity contribution in [1.82, 2.24) is 20.0 Å². The normalized spacial score (nSPS) is 14.7. The summed E-state index contributed by atoms with van der Waals surface area (Å²) in [6.07, 6.45) is 1.62. The Kier molecular flexibility index (Phi) is 6.35. The van der Waals surface area contributed by atoms with E-state index < -0.39 is 0 Å². The van der Waals surface area contributed by atoms with Crippen molar-refractivity contribution < 1.29 is 4.79 Å². The Morgan fingerprint density at radius 1 is 1.03 bits per heavy atom. The molecule has 2 heterocycles. The lowest BCUT2D eigenvalue weighted by Gasteiger charge is -2.36. The monoisotopic (exact) mass is 423 g/mol. The number of aromatic nitrogens is 2. The Balaban J connectivity index is 1.27. The van der Waals surface area contributed by atoms with E-state index in [1.54, 1.807) is 10.9 Å². The number of para-hydroxylation sites is 1. The molecule has 1 aromatic heterocycles. The molecule has 1 aliphatic heterocycles. The summed E-state index contributed by atoms with van der Waals surface area (Å²) in [5.41, 5.74) is 3.50. The first-order chi connectivity index (χ1) is 14.6. The fourth-order valence-electron chi connectivity index (χ4n) is 3.79. The van der Waals surface area contributed by atoms with Crippen molar-refractivity contribution in [3.63, 3.8) is 0 Å². The summed E-state index contributed by atoms with van der Waals surface area (Å²) in [7, 11) is 0. The predicted molar refractivity (Wildman–Crippen MR) is 121 cm³/mol. The lowest BCUT2D eigenvalue weighted by atomic mass is 10.2. The molecule has 1 amide bonds. The van der Waals surface area contributed by atoms with Gasteiger partial charge < -0.3 is 10.2 Å². The number of anilines is 1. The Morgan fingerprint density at radius 2 is 1.77 bits per heavy atom.